The minimum absolute atomic E-state index is 0.264. The van der Waals surface area contributed by atoms with Crippen LogP contribution < -0.4 is 0 Å². The summed E-state index contributed by atoms with van der Waals surface area (Å²) in [4.78, 5) is 22.9. The Balaban J connectivity index is 4.07. The Kier molecular flexibility index (Phi) is 9.67. The van der Waals surface area contributed by atoms with E-state index in [4.69, 9.17) is 4.74 Å². The third-order valence-electron chi connectivity index (χ3n) is 2.55. The molecule has 118 valence electrons. The van der Waals surface area contributed by atoms with E-state index in [1.807, 2.05) is 6.92 Å². The minimum atomic E-state index is -3.43. The van der Waals surface area contributed by atoms with Crippen LogP contribution in [0.1, 0.15) is 32.6 Å². The quantitative estimate of drug-likeness (QED) is 0.351. The molecule has 0 aliphatic carbocycles. The van der Waals surface area contributed by atoms with E-state index in [1.165, 1.54) is 14.2 Å². The third-order valence-corrected chi connectivity index (χ3v) is 4.41. The van der Waals surface area contributed by atoms with Crippen LogP contribution in [0.5, 0.6) is 0 Å². The molecule has 20 heavy (non-hydrogen) atoms. The highest BCUT2D eigenvalue weighted by Gasteiger charge is 2.27. The van der Waals surface area contributed by atoms with Crippen molar-refractivity contribution in [2.75, 3.05) is 27.0 Å². The molecule has 0 aliphatic heterocycles. The monoisotopic (exact) mass is 310 g/mol. The maximum absolute atomic E-state index is 11.7. The molecule has 0 amide bonds. The molecule has 0 saturated heterocycles. The van der Waals surface area contributed by atoms with Crippen molar-refractivity contribution in [3.8, 4) is 0 Å². The van der Waals surface area contributed by atoms with Gasteiger partial charge in [0.25, 0.3) is 0 Å². The van der Waals surface area contributed by atoms with E-state index in [0.717, 1.165) is 12.8 Å². The van der Waals surface area contributed by atoms with Gasteiger partial charge in [0.1, 0.15) is 11.9 Å². The normalized spacial score (nSPS) is 13.0. The molecule has 1 N–H and O–H groups in total. The minimum Gasteiger partial charge on any atom is -0.466 e. The Labute approximate surface area is 119 Å². The first kappa shape index (κ1) is 19.2. The van der Waals surface area contributed by atoms with Gasteiger partial charge in [0.2, 0.25) is 0 Å². The first-order chi connectivity index (χ1) is 9.36. The highest BCUT2D eigenvalue weighted by atomic mass is 31.2. The van der Waals surface area contributed by atoms with Gasteiger partial charge in [0.05, 0.1) is 19.1 Å². The number of carbonyl (C=O) groups excluding carboxylic acids is 2. The van der Waals surface area contributed by atoms with E-state index in [1.54, 1.807) is 0 Å². The number of ketones is 1. The van der Waals surface area contributed by atoms with Crippen LogP contribution >= 0.6 is 7.60 Å². The van der Waals surface area contributed by atoms with Crippen LogP contribution in [-0.2, 0) is 27.9 Å². The molecule has 0 aromatic carbocycles. The van der Waals surface area contributed by atoms with Gasteiger partial charge in [0.15, 0.2) is 0 Å². The van der Waals surface area contributed by atoms with E-state index >= 15 is 0 Å². The van der Waals surface area contributed by atoms with Crippen molar-refractivity contribution < 1.29 is 33.0 Å². The van der Waals surface area contributed by atoms with Crippen molar-refractivity contribution in [3.63, 3.8) is 0 Å². The van der Waals surface area contributed by atoms with Gasteiger partial charge in [-0.05, 0) is 6.42 Å². The molecule has 0 aromatic rings. The summed E-state index contributed by atoms with van der Waals surface area (Å²) in [6.45, 7) is 2.27. The number of esters is 1. The Bertz CT molecular complexity index is 348. The van der Waals surface area contributed by atoms with Crippen LogP contribution in [0.4, 0.5) is 0 Å². The van der Waals surface area contributed by atoms with E-state index in [-0.39, 0.29) is 12.8 Å². The van der Waals surface area contributed by atoms with Gasteiger partial charge in [-0.25, -0.2) is 0 Å². The highest BCUT2D eigenvalue weighted by molar-refractivity contribution is 7.54. The van der Waals surface area contributed by atoms with Gasteiger partial charge >= 0.3 is 13.6 Å². The number of unbranched alkanes of at least 4 members (excludes halogenated alkanes) is 1. The SMILES string of the molecule is CCCCOC(=O)C[C@H](O)CC(=O)CP(=O)(OC)OC. The van der Waals surface area contributed by atoms with E-state index in [2.05, 4.69) is 9.05 Å². The molecule has 8 heteroatoms. The van der Waals surface area contributed by atoms with Gasteiger partial charge in [-0.15, -0.1) is 0 Å². The predicted octanol–water partition coefficient (Wildman–Crippen LogP) is 1.53. The second kappa shape index (κ2) is 10.0. The van der Waals surface area contributed by atoms with Gasteiger partial charge < -0.3 is 18.9 Å². The van der Waals surface area contributed by atoms with Crippen molar-refractivity contribution in [1.82, 2.24) is 0 Å². The molecule has 0 spiro atoms. The Hall–Kier alpha value is -0.750. The van der Waals surface area contributed by atoms with Crippen LogP contribution in [0, 0.1) is 0 Å². The average Bonchev–Trinajstić information content (AvgIpc) is 2.38. The van der Waals surface area contributed by atoms with Crippen LogP contribution in [-0.4, -0.2) is 50.0 Å². The molecule has 0 rings (SSSR count). The summed E-state index contributed by atoms with van der Waals surface area (Å²) in [6.07, 6.45) is -0.483. The Morgan fingerprint density at radius 3 is 2.30 bits per heavy atom. The molecule has 0 unspecified atom stereocenters. The standard InChI is InChI=1S/C12H23O7P/c1-4-5-6-19-12(15)8-10(13)7-11(14)9-20(16,17-2)18-3/h10,13H,4-9H2,1-3H3/t10-/m1/s1. The number of ether oxygens (including phenoxy) is 1. The zero-order valence-corrected chi connectivity index (χ0v) is 13.1. The number of rotatable bonds is 11. The maximum Gasteiger partial charge on any atom is 0.337 e. The zero-order chi connectivity index (χ0) is 15.6. The number of hydrogen-bond donors (Lipinski definition) is 1. The van der Waals surface area contributed by atoms with Gasteiger partial charge in [-0.2, -0.15) is 0 Å². The highest BCUT2D eigenvalue weighted by Crippen LogP contribution is 2.46. The lowest BCUT2D eigenvalue weighted by atomic mass is 10.1. The fourth-order valence-corrected chi connectivity index (χ4v) is 2.37. The number of aliphatic hydroxyl groups excluding tert-OH is 1. The first-order valence-corrected chi connectivity index (χ1v) is 8.15. The predicted molar refractivity (Wildman–Crippen MR) is 72.6 cm³/mol. The molecule has 7 nitrogen and oxygen atoms in total. The average molecular weight is 310 g/mol. The molecule has 0 aliphatic rings. The fourth-order valence-electron chi connectivity index (χ4n) is 1.40. The molecule has 0 radical (unpaired) electrons. The van der Waals surface area contributed by atoms with Crippen LogP contribution in [0.2, 0.25) is 0 Å². The lowest BCUT2D eigenvalue weighted by Crippen LogP contribution is -2.21. The van der Waals surface area contributed by atoms with Crippen molar-refractivity contribution >= 4 is 19.3 Å². The lowest BCUT2D eigenvalue weighted by Gasteiger charge is -2.14. The van der Waals surface area contributed by atoms with E-state index < -0.39 is 31.6 Å². The van der Waals surface area contributed by atoms with Crippen molar-refractivity contribution in [3.05, 3.63) is 0 Å². The van der Waals surface area contributed by atoms with Crippen molar-refractivity contribution in [2.45, 2.75) is 38.7 Å². The second-order valence-corrected chi connectivity index (χ2v) is 6.58. The molecule has 0 heterocycles. The third kappa shape index (κ3) is 8.43. The maximum atomic E-state index is 11.7. The van der Waals surface area contributed by atoms with Crippen molar-refractivity contribution in [2.24, 2.45) is 0 Å². The molecule has 0 saturated carbocycles. The van der Waals surface area contributed by atoms with Crippen LogP contribution in [0.25, 0.3) is 0 Å². The molecule has 0 fully saturated rings. The van der Waals surface area contributed by atoms with Gasteiger partial charge in [0, 0.05) is 20.6 Å². The lowest BCUT2D eigenvalue weighted by molar-refractivity contribution is -0.146. The number of Topliss-reactive ketones (excluding diaryl/α,β-unsaturated/α-hetero) is 1. The molecule has 0 bridgehead atoms. The summed E-state index contributed by atoms with van der Waals surface area (Å²) in [5.41, 5.74) is 0. The second-order valence-electron chi connectivity index (χ2n) is 4.31. The largest absolute Gasteiger partial charge is 0.466 e. The number of hydrogen-bond acceptors (Lipinski definition) is 7. The smallest absolute Gasteiger partial charge is 0.337 e. The number of carbonyl (C=O) groups is 2. The molecule has 0 aromatic heterocycles. The molecular weight excluding hydrogens is 287 g/mol. The number of aliphatic hydroxyl groups is 1. The first-order valence-electron chi connectivity index (χ1n) is 6.42. The van der Waals surface area contributed by atoms with Crippen LogP contribution in [0.15, 0.2) is 0 Å². The fraction of sp³-hybridized carbons (Fsp3) is 0.833. The van der Waals surface area contributed by atoms with Gasteiger partial charge in [-0.1, -0.05) is 13.3 Å². The van der Waals surface area contributed by atoms with Crippen LogP contribution in [0.3, 0.4) is 0 Å². The summed E-state index contributed by atoms with van der Waals surface area (Å²) in [6, 6.07) is 0. The summed E-state index contributed by atoms with van der Waals surface area (Å²) in [5, 5.41) is 9.60. The van der Waals surface area contributed by atoms with Crippen molar-refractivity contribution in [1.29, 1.82) is 0 Å². The van der Waals surface area contributed by atoms with E-state index in [0.29, 0.717) is 6.61 Å². The van der Waals surface area contributed by atoms with Gasteiger partial charge in [-0.3, -0.25) is 14.2 Å². The topological polar surface area (TPSA) is 99.1 Å². The molecule has 1 atom stereocenters. The summed E-state index contributed by atoms with van der Waals surface area (Å²) < 4.78 is 25.8. The Morgan fingerprint density at radius 1 is 1.20 bits per heavy atom. The van der Waals surface area contributed by atoms with E-state index in [9.17, 15) is 19.3 Å². The Morgan fingerprint density at radius 2 is 1.80 bits per heavy atom. The summed E-state index contributed by atoms with van der Waals surface area (Å²) in [7, 11) is -1.07. The molecular formula is C12H23O7P. The zero-order valence-electron chi connectivity index (χ0n) is 12.2. The summed E-state index contributed by atoms with van der Waals surface area (Å²) >= 11 is 0. The summed E-state index contributed by atoms with van der Waals surface area (Å²) in [5.74, 6) is -1.05.